The minimum Gasteiger partial charge on any atom is -0.380 e. The molecule has 0 aromatic carbocycles. The van der Waals surface area contributed by atoms with Gasteiger partial charge in [-0.05, 0) is 19.8 Å². The SMILES string of the molecule is COC(C)C(C)NOCC(C)C. The first-order chi connectivity index (χ1) is 5.57. The molecule has 3 nitrogen and oxygen atoms in total. The van der Waals surface area contributed by atoms with Gasteiger partial charge in [-0.2, -0.15) is 5.48 Å². The van der Waals surface area contributed by atoms with Crippen molar-refractivity contribution in [3.05, 3.63) is 0 Å². The maximum absolute atomic E-state index is 5.25. The third-order valence-corrected chi connectivity index (χ3v) is 1.76. The largest absolute Gasteiger partial charge is 0.380 e. The Hall–Kier alpha value is -0.120. The van der Waals surface area contributed by atoms with Gasteiger partial charge in [0.1, 0.15) is 0 Å². The summed E-state index contributed by atoms with van der Waals surface area (Å²) in [5.41, 5.74) is 2.94. The first-order valence-electron chi connectivity index (χ1n) is 4.48. The predicted octanol–water partition coefficient (Wildman–Crippen LogP) is 1.59. The monoisotopic (exact) mass is 175 g/mol. The lowest BCUT2D eigenvalue weighted by molar-refractivity contribution is -0.0339. The summed E-state index contributed by atoms with van der Waals surface area (Å²) in [6.45, 7) is 9.02. The van der Waals surface area contributed by atoms with Gasteiger partial charge >= 0.3 is 0 Å². The Morgan fingerprint density at radius 3 is 2.17 bits per heavy atom. The summed E-state index contributed by atoms with van der Waals surface area (Å²) < 4.78 is 5.13. The van der Waals surface area contributed by atoms with E-state index in [1.54, 1.807) is 7.11 Å². The van der Waals surface area contributed by atoms with Crippen molar-refractivity contribution in [1.82, 2.24) is 5.48 Å². The van der Waals surface area contributed by atoms with Crippen LogP contribution in [0.2, 0.25) is 0 Å². The van der Waals surface area contributed by atoms with Crippen LogP contribution in [-0.2, 0) is 9.57 Å². The van der Waals surface area contributed by atoms with Crippen molar-refractivity contribution in [2.45, 2.75) is 39.8 Å². The molecule has 0 saturated carbocycles. The smallest absolute Gasteiger partial charge is 0.0716 e. The molecule has 0 saturated heterocycles. The number of rotatable bonds is 6. The Kier molecular flexibility index (Phi) is 6.34. The average molecular weight is 175 g/mol. The molecule has 2 atom stereocenters. The molecule has 3 heteroatoms. The summed E-state index contributed by atoms with van der Waals surface area (Å²) in [6, 6.07) is 0.230. The van der Waals surface area contributed by atoms with Gasteiger partial charge in [-0.3, -0.25) is 0 Å². The highest BCUT2D eigenvalue weighted by Crippen LogP contribution is 1.97. The summed E-state index contributed by atoms with van der Waals surface area (Å²) in [4.78, 5) is 5.25. The quantitative estimate of drug-likeness (QED) is 0.622. The molecule has 1 N–H and O–H groups in total. The van der Waals surface area contributed by atoms with E-state index < -0.39 is 0 Å². The lowest BCUT2D eigenvalue weighted by Gasteiger charge is -2.19. The Morgan fingerprint density at radius 1 is 1.17 bits per heavy atom. The number of hydroxylamine groups is 1. The van der Waals surface area contributed by atoms with Crippen molar-refractivity contribution < 1.29 is 9.57 Å². The Morgan fingerprint density at radius 2 is 1.75 bits per heavy atom. The average Bonchev–Trinajstić information content (AvgIpc) is 2.02. The Balaban J connectivity index is 3.37. The molecule has 0 fully saturated rings. The minimum absolute atomic E-state index is 0.178. The maximum atomic E-state index is 5.25. The molecule has 2 unspecified atom stereocenters. The van der Waals surface area contributed by atoms with Crippen molar-refractivity contribution in [3.63, 3.8) is 0 Å². The van der Waals surface area contributed by atoms with Gasteiger partial charge in [0, 0.05) is 7.11 Å². The fourth-order valence-electron chi connectivity index (χ4n) is 0.646. The zero-order chi connectivity index (χ0) is 9.56. The van der Waals surface area contributed by atoms with Crippen LogP contribution in [-0.4, -0.2) is 25.9 Å². The van der Waals surface area contributed by atoms with Crippen LogP contribution < -0.4 is 5.48 Å². The van der Waals surface area contributed by atoms with E-state index in [2.05, 4.69) is 19.3 Å². The number of nitrogens with one attached hydrogen (secondary N) is 1. The molecule has 0 amide bonds. The van der Waals surface area contributed by atoms with Crippen LogP contribution in [0.1, 0.15) is 27.7 Å². The van der Waals surface area contributed by atoms with E-state index >= 15 is 0 Å². The fraction of sp³-hybridized carbons (Fsp3) is 1.00. The van der Waals surface area contributed by atoms with E-state index in [1.807, 2.05) is 13.8 Å². The molecule has 0 aliphatic rings. The third-order valence-electron chi connectivity index (χ3n) is 1.76. The topological polar surface area (TPSA) is 30.5 Å². The normalized spacial score (nSPS) is 16.5. The van der Waals surface area contributed by atoms with Gasteiger partial charge in [0.15, 0.2) is 0 Å². The van der Waals surface area contributed by atoms with Crippen LogP contribution in [0.4, 0.5) is 0 Å². The molecule has 0 aliphatic carbocycles. The van der Waals surface area contributed by atoms with E-state index in [1.165, 1.54) is 0 Å². The van der Waals surface area contributed by atoms with Crippen molar-refractivity contribution in [3.8, 4) is 0 Å². The summed E-state index contributed by atoms with van der Waals surface area (Å²) in [5.74, 6) is 0.558. The number of hydrogen-bond donors (Lipinski definition) is 1. The molecule has 0 spiro atoms. The van der Waals surface area contributed by atoms with Crippen LogP contribution >= 0.6 is 0 Å². The number of ether oxygens (including phenoxy) is 1. The first kappa shape index (κ1) is 11.9. The third kappa shape index (κ3) is 5.52. The summed E-state index contributed by atoms with van der Waals surface area (Å²) in [7, 11) is 1.70. The van der Waals surface area contributed by atoms with Gasteiger partial charge in [0.25, 0.3) is 0 Å². The van der Waals surface area contributed by atoms with Gasteiger partial charge in [0.2, 0.25) is 0 Å². The maximum Gasteiger partial charge on any atom is 0.0716 e. The lowest BCUT2D eigenvalue weighted by Crippen LogP contribution is -2.37. The zero-order valence-electron chi connectivity index (χ0n) is 8.76. The second kappa shape index (κ2) is 6.40. The molecule has 0 heterocycles. The van der Waals surface area contributed by atoms with E-state index in [0.29, 0.717) is 5.92 Å². The minimum atomic E-state index is 0.178. The van der Waals surface area contributed by atoms with Gasteiger partial charge in [-0.15, -0.1) is 0 Å². The molecule has 0 bridgehead atoms. The van der Waals surface area contributed by atoms with Gasteiger partial charge in [0.05, 0.1) is 18.8 Å². The highest BCUT2D eigenvalue weighted by Gasteiger charge is 2.10. The molecule has 0 aliphatic heterocycles. The first-order valence-corrected chi connectivity index (χ1v) is 4.48. The molecule has 74 valence electrons. The molecule has 0 rings (SSSR count). The van der Waals surface area contributed by atoms with E-state index in [0.717, 1.165) is 6.61 Å². The lowest BCUT2D eigenvalue weighted by atomic mass is 10.2. The summed E-state index contributed by atoms with van der Waals surface area (Å²) >= 11 is 0. The zero-order valence-corrected chi connectivity index (χ0v) is 8.76. The van der Waals surface area contributed by atoms with Crippen molar-refractivity contribution >= 4 is 0 Å². The van der Waals surface area contributed by atoms with Crippen LogP contribution in [0, 0.1) is 5.92 Å². The number of hydrogen-bond acceptors (Lipinski definition) is 3. The van der Waals surface area contributed by atoms with E-state index in [9.17, 15) is 0 Å². The molecule has 0 aromatic rings. The second-order valence-corrected chi connectivity index (χ2v) is 3.55. The van der Waals surface area contributed by atoms with Crippen LogP contribution in [0.3, 0.4) is 0 Å². The van der Waals surface area contributed by atoms with Crippen molar-refractivity contribution in [2.75, 3.05) is 13.7 Å². The highest BCUT2D eigenvalue weighted by molar-refractivity contribution is 4.62. The summed E-state index contributed by atoms with van der Waals surface area (Å²) in [5, 5.41) is 0. The van der Waals surface area contributed by atoms with E-state index in [4.69, 9.17) is 9.57 Å². The van der Waals surface area contributed by atoms with Gasteiger partial charge in [-0.1, -0.05) is 13.8 Å². The van der Waals surface area contributed by atoms with Gasteiger partial charge in [-0.25, -0.2) is 0 Å². The summed E-state index contributed by atoms with van der Waals surface area (Å²) in [6.07, 6.45) is 0.178. The van der Waals surface area contributed by atoms with Crippen molar-refractivity contribution in [2.24, 2.45) is 5.92 Å². The molecule has 12 heavy (non-hydrogen) atoms. The van der Waals surface area contributed by atoms with Crippen LogP contribution in [0.15, 0.2) is 0 Å². The van der Waals surface area contributed by atoms with Crippen molar-refractivity contribution in [1.29, 1.82) is 0 Å². The Labute approximate surface area is 75.4 Å². The standard InChI is InChI=1S/C9H21NO2/c1-7(2)6-12-10-8(3)9(4)11-5/h7-10H,6H2,1-5H3. The van der Waals surface area contributed by atoms with Gasteiger partial charge < -0.3 is 9.57 Å². The molecular formula is C9H21NO2. The second-order valence-electron chi connectivity index (χ2n) is 3.55. The molecule has 0 aromatic heterocycles. The highest BCUT2D eigenvalue weighted by atomic mass is 16.6. The van der Waals surface area contributed by atoms with Crippen LogP contribution in [0.25, 0.3) is 0 Å². The Bertz CT molecular complexity index is 107. The predicted molar refractivity (Wildman–Crippen MR) is 49.9 cm³/mol. The molecular weight excluding hydrogens is 154 g/mol. The fourth-order valence-corrected chi connectivity index (χ4v) is 0.646. The van der Waals surface area contributed by atoms with E-state index in [-0.39, 0.29) is 12.1 Å². The molecule has 0 radical (unpaired) electrons. The van der Waals surface area contributed by atoms with Crippen LogP contribution in [0.5, 0.6) is 0 Å². The number of methoxy groups -OCH3 is 1.